The van der Waals surface area contributed by atoms with Crippen molar-refractivity contribution in [3.8, 4) is 57.1 Å². The summed E-state index contributed by atoms with van der Waals surface area (Å²) in [4.78, 5) is 120. The highest BCUT2D eigenvalue weighted by Gasteiger charge is 2.52. The van der Waals surface area contributed by atoms with Gasteiger partial charge in [-0.05, 0) is 136 Å². The molecule has 7 heterocycles. The van der Waals surface area contributed by atoms with Crippen LogP contribution in [0.25, 0.3) is 11.1 Å². The predicted molar refractivity (Wildman–Crippen MR) is 389 cm³/mol. The summed E-state index contributed by atoms with van der Waals surface area (Å²) in [6.45, 7) is 8.91. The first-order valence-corrected chi connectivity index (χ1v) is 36.4. The third-order valence-electron chi connectivity index (χ3n) is 20.6. The monoisotopic (exact) mass is 1590 g/mol. The van der Waals surface area contributed by atoms with E-state index in [1.807, 2.05) is 13.8 Å². The van der Waals surface area contributed by atoms with Crippen molar-refractivity contribution in [3.05, 3.63) is 117 Å². The number of carbonyl (C=O) groups excluding carboxylic acids is 7. The van der Waals surface area contributed by atoms with E-state index in [9.17, 15) is 70.2 Å². The lowest BCUT2D eigenvalue weighted by atomic mass is 9.74. The van der Waals surface area contributed by atoms with Crippen LogP contribution >= 0.6 is 23.2 Å². The molecule has 23 N–H and O–H groups in total. The first-order chi connectivity index (χ1) is 52.3. The van der Waals surface area contributed by atoms with Crippen LogP contribution in [0.4, 0.5) is 0 Å². The van der Waals surface area contributed by atoms with Crippen LogP contribution in [0.5, 0.6) is 46.0 Å². The number of aromatic hydroxyl groups is 3. The molecule has 11 bridgehead atoms. The van der Waals surface area contributed by atoms with Crippen LogP contribution < -0.4 is 68.6 Å². The van der Waals surface area contributed by atoms with E-state index >= 15 is 19.2 Å². The lowest BCUT2D eigenvalue weighted by molar-refractivity contribution is -0.333. The topological polar surface area (TPSA) is 566 Å². The highest BCUT2D eigenvalue weighted by molar-refractivity contribution is 6.32. The zero-order chi connectivity index (χ0) is 80.9. The Morgan fingerprint density at radius 1 is 0.685 bits per heavy atom. The number of likely N-dealkylation sites (N-methyl/N-ethyl adjacent to an activating group) is 1. The molecule has 8 aliphatic rings. The van der Waals surface area contributed by atoms with E-state index < -0.39 is 250 Å². The summed E-state index contributed by atoms with van der Waals surface area (Å²) in [6.07, 6.45) is -20.5. The molecule has 2 saturated heterocycles. The third kappa shape index (κ3) is 17.7. The SMILES string of the molecule is CN[C@H](CC(C)C)C(=O)N[C@H]1C(=O)N[C@@H](CC(N)=O)C(=O)N[C@H]2C(=O)N[C@H]3C(=O)N[C@@H](C(=O)N[C@H](C(=O)O)c4cc(O)cc(O)c4-c4cc3ccc4O)[C@H](OC3CC(C)C(O)C(C)(N)C3)c3ccc(c(Cl)c3)Oc3cc2cc(c3OC2OC(CO)C(O)C(O)C2OC2CC(C)(N)C(O)C(C)O2)Oc2ccc(cc2Cl)[C@H]1O. The summed E-state index contributed by atoms with van der Waals surface area (Å²) in [5.74, 6) is -16.4. The number of carbonyl (C=O) groups is 8. The fourth-order valence-electron chi connectivity index (χ4n) is 14.8. The number of phenols is 3. The van der Waals surface area contributed by atoms with Crippen molar-refractivity contribution in [3.63, 3.8) is 0 Å². The van der Waals surface area contributed by atoms with Gasteiger partial charge >= 0.3 is 5.97 Å². The number of ether oxygens (including phenoxy) is 7. The Morgan fingerprint density at radius 3 is 1.90 bits per heavy atom. The number of aliphatic hydroxyl groups is 6. The Kier molecular flexibility index (Phi) is 24.7. The van der Waals surface area contributed by atoms with Crippen molar-refractivity contribution < 1.29 is 123 Å². The molecule has 13 unspecified atom stereocenters. The number of nitrogens with two attached hydrogens (primary N) is 3. The molecule has 0 spiro atoms. The highest BCUT2D eigenvalue weighted by Crippen LogP contribution is 2.51. The summed E-state index contributed by atoms with van der Waals surface area (Å²) >= 11 is 14.5. The molecule has 5 aromatic carbocycles. The average molecular weight is 1590 g/mol. The first-order valence-electron chi connectivity index (χ1n) is 35.7. The molecular weight excluding hydrogens is 1500 g/mol. The van der Waals surface area contributed by atoms with E-state index in [2.05, 4.69) is 37.2 Å². The number of primary amides is 1. The summed E-state index contributed by atoms with van der Waals surface area (Å²) < 4.78 is 45.8. The molecule has 0 radical (unpaired) electrons. The molecule has 37 heteroatoms. The van der Waals surface area contributed by atoms with Gasteiger partial charge in [0.2, 0.25) is 53.4 Å². The molecule has 7 aliphatic heterocycles. The molecule has 22 atom stereocenters. The Labute approximate surface area is 644 Å². The quantitative estimate of drug-likeness (QED) is 0.0695. The van der Waals surface area contributed by atoms with Crippen LogP contribution in [0.2, 0.25) is 10.0 Å². The maximum atomic E-state index is 16.4. The molecular formula is C74H90Cl2N10O25. The van der Waals surface area contributed by atoms with E-state index in [1.54, 1.807) is 13.8 Å². The summed E-state index contributed by atoms with van der Waals surface area (Å²) in [6, 6.07) is 0.0241. The van der Waals surface area contributed by atoms with E-state index in [4.69, 9.17) is 73.6 Å². The number of benzene rings is 5. The van der Waals surface area contributed by atoms with Gasteiger partial charge in [0.15, 0.2) is 29.9 Å². The second-order valence-corrected chi connectivity index (χ2v) is 30.6. The Hall–Kier alpha value is -9.28. The third-order valence-corrected chi connectivity index (χ3v) is 21.2. The lowest BCUT2D eigenvalue weighted by Crippen LogP contribution is -2.64. The maximum Gasteiger partial charge on any atom is 0.330 e. The summed E-state index contributed by atoms with van der Waals surface area (Å²) in [5.41, 5.74) is 13.7. The van der Waals surface area contributed by atoms with Crippen LogP contribution in [-0.2, 0) is 57.3 Å². The van der Waals surface area contributed by atoms with Gasteiger partial charge in [0.1, 0.15) is 89.5 Å². The largest absolute Gasteiger partial charge is 0.508 e. The number of halogens is 2. The number of phenolic OH excluding ortho intramolecular Hbond substituents is 3. The smallest absolute Gasteiger partial charge is 0.330 e. The number of aliphatic hydroxyl groups excluding tert-OH is 6. The van der Waals surface area contributed by atoms with Gasteiger partial charge in [0, 0.05) is 40.3 Å². The van der Waals surface area contributed by atoms with E-state index in [1.165, 1.54) is 51.2 Å². The van der Waals surface area contributed by atoms with Crippen LogP contribution in [-0.4, -0.2) is 209 Å². The second kappa shape index (κ2) is 33.2. The van der Waals surface area contributed by atoms with Crippen molar-refractivity contribution in [1.82, 2.24) is 37.2 Å². The number of fused-ring (bicyclic) bond motifs is 15. The number of hydrogen-bond donors (Lipinski definition) is 20. The highest BCUT2D eigenvalue weighted by atomic mass is 35.5. The van der Waals surface area contributed by atoms with Gasteiger partial charge in [-0.3, -0.25) is 33.6 Å². The molecule has 600 valence electrons. The zero-order valence-electron chi connectivity index (χ0n) is 61.0. The number of hydrogen-bond acceptors (Lipinski definition) is 27. The van der Waals surface area contributed by atoms with Gasteiger partial charge in [-0.25, -0.2) is 4.79 Å². The summed E-state index contributed by atoms with van der Waals surface area (Å²) in [7, 11) is 1.48. The molecule has 111 heavy (non-hydrogen) atoms. The van der Waals surface area contributed by atoms with Crippen molar-refractivity contribution >= 4 is 70.5 Å². The Bertz CT molecular complexity index is 4420. The molecule has 13 rings (SSSR count). The first kappa shape index (κ1) is 82.7. The fourth-order valence-corrected chi connectivity index (χ4v) is 15.3. The number of rotatable bonds is 15. The number of carboxylic acid groups (broad SMARTS) is 1. The van der Waals surface area contributed by atoms with Crippen LogP contribution in [0, 0.1) is 11.8 Å². The standard InChI is InChI=1S/C74H90Cl2N10O25/c1-27(2)14-40(80-7)65(97)85-55-57(92)31-9-12-44(38(75)17-31)107-46-19-33-20-47(61(46)111-72-62(59(94)58(93)48(26-87)109-72)110-50-25-74(6,79)64(96)29(4)105-50)108-45-13-10-32(18-39(45)76)60(106-35-15-28(3)63(95)73(5,78)24-35)56-70(102)84-54(71(103)104)37-21-34(88)22-43(90)51(37)36-16-30(8-11-42(36)89)52(67(99)86-56)83-68(100)53(33)82-66(98)41(23-49(77)91)81-69(55)101/h8-13,16-22,27-29,35,40-41,48,50,52-60,62-64,72,80,87-90,92-96H,14-15,23-26,78-79H2,1-7H3,(H2,77,91)(H,81,101)(H,82,98)(H,83,100)(H,84,102)(H,85,97)(H,86,99)(H,103,104)/t28?,29?,35?,40-,41+,48?,50?,52-,53-,54+,55-,56-,57-,58?,59?,60-,62?,63?,64?,72?,73?,74?/m1/s1. The molecule has 0 aromatic heterocycles. The van der Waals surface area contributed by atoms with Crippen molar-refractivity contribution in [2.75, 3.05) is 13.7 Å². The molecule has 7 amide bonds. The summed E-state index contributed by atoms with van der Waals surface area (Å²) in [5, 5.41) is 132. The predicted octanol–water partition coefficient (Wildman–Crippen LogP) is 1.01. The van der Waals surface area contributed by atoms with Gasteiger partial charge < -0.3 is 139 Å². The minimum atomic E-state index is -2.36. The van der Waals surface area contributed by atoms with Crippen LogP contribution in [0.1, 0.15) is 132 Å². The van der Waals surface area contributed by atoms with Crippen molar-refractivity contribution in [2.24, 2.45) is 29.0 Å². The second-order valence-electron chi connectivity index (χ2n) is 29.8. The number of carboxylic acids is 1. The molecule has 35 nitrogen and oxygen atoms in total. The number of amides is 7. The van der Waals surface area contributed by atoms with Gasteiger partial charge in [0.25, 0.3) is 0 Å². The number of nitrogens with one attached hydrogen (secondary N) is 7. The van der Waals surface area contributed by atoms with E-state index in [-0.39, 0.29) is 69.8 Å². The zero-order valence-corrected chi connectivity index (χ0v) is 62.5. The normalized spacial score (nSPS) is 32.1. The van der Waals surface area contributed by atoms with Crippen LogP contribution in [0.15, 0.2) is 78.9 Å². The minimum absolute atomic E-state index is 0.0406. The van der Waals surface area contributed by atoms with Crippen LogP contribution in [0.3, 0.4) is 0 Å². The van der Waals surface area contributed by atoms with Crippen molar-refractivity contribution in [2.45, 2.75) is 201 Å². The Morgan fingerprint density at radius 2 is 1.30 bits per heavy atom. The molecule has 1 saturated carbocycles. The Balaban J connectivity index is 1.19. The van der Waals surface area contributed by atoms with Gasteiger partial charge in [-0.1, -0.05) is 62.2 Å². The van der Waals surface area contributed by atoms with Gasteiger partial charge in [-0.2, -0.15) is 0 Å². The van der Waals surface area contributed by atoms with Gasteiger partial charge in [-0.15, -0.1) is 0 Å². The average Bonchev–Trinajstić information content (AvgIpc) is 0.764. The fraction of sp³-hybridized carbons (Fsp3) is 0.486. The molecule has 5 aromatic rings. The minimum Gasteiger partial charge on any atom is -0.508 e. The van der Waals surface area contributed by atoms with Crippen molar-refractivity contribution in [1.29, 1.82) is 0 Å². The van der Waals surface area contributed by atoms with E-state index in [0.29, 0.717) is 0 Å². The lowest BCUT2D eigenvalue weighted by Gasteiger charge is -2.47. The maximum absolute atomic E-state index is 16.4. The number of aliphatic carboxylic acids is 1. The molecule has 3 fully saturated rings. The molecule has 1 aliphatic carbocycles. The van der Waals surface area contributed by atoms with E-state index in [0.717, 1.165) is 48.5 Å². The van der Waals surface area contributed by atoms with Gasteiger partial charge in [0.05, 0.1) is 53.5 Å².